The van der Waals surface area contributed by atoms with Crippen LogP contribution in [0.4, 0.5) is 5.13 Å². The van der Waals surface area contributed by atoms with Gasteiger partial charge in [-0.2, -0.15) is 0 Å². The van der Waals surface area contributed by atoms with Gasteiger partial charge in [0.15, 0.2) is 15.2 Å². The molecule has 168 valence electrons. The molecule has 2 aliphatic heterocycles. The number of amides is 2. The molecular weight excluding hydrogens is 523 g/mol. The Morgan fingerprint density at radius 3 is 2.69 bits per heavy atom. The van der Waals surface area contributed by atoms with Crippen LogP contribution < -0.4 is 11.1 Å². The van der Waals surface area contributed by atoms with Crippen molar-refractivity contribution in [3.8, 4) is 0 Å². The highest BCUT2D eigenvalue weighted by atomic mass is 35.5. The smallest absolute Gasteiger partial charge is 0.353 e. The molecule has 32 heavy (non-hydrogen) atoms. The van der Waals surface area contributed by atoms with E-state index in [-0.39, 0.29) is 20.9 Å². The quantitative estimate of drug-likeness (QED) is 0.187. The number of nitrogens with one attached hydrogen (secondary N) is 1. The summed E-state index contributed by atoms with van der Waals surface area (Å²) >= 11 is 15.1. The monoisotopic (exact) mass is 534 g/mol. The largest absolute Gasteiger partial charge is 0.477 e. The Bertz CT molecular complexity index is 1190. The summed E-state index contributed by atoms with van der Waals surface area (Å²) < 4.78 is 0.605. The van der Waals surface area contributed by atoms with E-state index in [4.69, 9.17) is 28.9 Å². The molecule has 1 unspecified atom stereocenters. The lowest BCUT2D eigenvalue weighted by Crippen LogP contribution is -2.72. The molecule has 0 radical (unpaired) electrons. The summed E-state index contributed by atoms with van der Waals surface area (Å²) in [5, 5.41) is 26.4. The molecule has 4 heterocycles. The number of aromatic nitrogens is 2. The topological polar surface area (TPSA) is 171 Å². The van der Waals surface area contributed by atoms with Crippen LogP contribution >= 0.6 is 57.6 Å². The van der Waals surface area contributed by atoms with Gasteiger partial charge in [0.2, 0.25) is 0 Å². The van der Waals surface area contributed by atoms with Crippen LogP contribution in [-0.2, 0) is 14.4 Å². The molecule has 0 bridgehead atoms. The fraction of sp³-hybridized carbons (Fsp3) is 0.250. The number of carboxylic acid groups (broad SMARTS) is 1. The lowest BCUT2D eigenvalue weighted by atomic mass is 9.86. The third-order valence-corrected chi connectivity index (χ3v) is 8.18. The highest BCUT2D eigenvalue weighted by Crippen LogP contribution is 2.44. The molecule has 4 rings (SSSR count). The Kier molecular flexibility index (Phi) is 6.31. The Hall–Kier alpha value is -2.39. The van der Waals surface area contributed by atoms with Crippen LogP contribution in [-0.4, -0.2) is 60.8 Å². The number of hydrogen-bond donors (Lipinski definition) is 4. The maximum Gasteiger partial charge on any atom is 0.353 e. The highest BCUT2D eigenvalue weighted by molar-refractivity contribution is 8.04. The summed E-state index contributed by atoms with van der Waals surface area (Å²) in [6.07, 6.45) is 0.768. The number of carbonyl (C=O) groups excluding carboxylic acids is 2. The summed E-state index contributed by atoms with van der Waals surface area (Å²) in [6, 6.07) is -1.57. The number of oxime groups is 1. The van der Waals surface area contributed by atoms with Crippen molar-refractivity contribution in [2.45, 2.75) is 29.3 Å². The van der Waals surface area contributed by atoms with Gasteiger partial charge in [-0.1, -0.05) is 51.5 Å². The minimum atomic E-state index is -1.26. The van der Waals surface area contributed by atoms with Gasteiger partial charge in [0.1, 0.15) is 26.9 Å². The summed E-state index contributed by atoms with van der Waals surface area (Å²) in [6.45, 7) is 0. The van der Waals surface area contributed by atoms with Crippen molar-refractivity contribution < 1.29 is 24.7 Å². The van der Waals surface area contributed by atoms with E-state index in [1.807, 2.05) is 0 Å². The molecule has 5 N–H and O–H groups in total. The number of thioether (sulfide) groups is 1. The molecule has 2 aromatic heterocycles. The van der Waals surface area contributed by atoms with Gasteiger partial charge in [0.25, 0.3) is 11.8 Å². The zero-order valence-corrected chi connectivity index (χ0v) is 19.6. The van der Waals surface area contributed by atoms with E-state index in [1.54, 1.807) is 5.38 Å². The second kappa shape index (κ2) is 8.86. The molecule has 0 saturated carbocycles. The highest BCUT2D eigenvalue weighted by Gasteiger charge is 2.54. The van der Waals surface area contributed by atoms with Gasteiger partial charge >= 0.3 is 5.97 Å². The number of rotatable bonds is 6. The van der Waals surface area contributed by atoms with Gasteiger partial charge in [-0.05, 0) is 12.8 Å². The first-order valence-electron chi connectivity index (χ1n) is 8.74. The third kappa shape index (κ3) is 4.03. The standard InChI is InChI=1S/C16H12Cl2N6O5S3/c17-6-3-30-16(20-6)31-5-2-1-4-7(13(26)24(4)10(5)14(27)28)21-12(25)9(23-29)8-11(18)32-15(19)22-8/h3-4,7,29H,1-2H2,(H2,19,22)(H,21,25)(H,27,28)/b23-9-/t4?,7-/m0/s1. The van der Waals surface area contributed by atoms with Gasteiger partial charge in [-0.15, -0.1) is 11.3 Å². The van der Waals surface area contributed by atoms with Crippen molar-refractivity contribution in [1.29, 1.82) is 0 Å². The van der Waals surface area contributed by atoms with E-state index >= 15 is 0 Å². The van der Waals surface area contributed by atoms with Crippen molar-refractivity contribution in [3.63, 3.8) is 0 Å². The van der Waals surface area contributed by atoms with Crippen molar-refractivity contribution in [3.05, 3.63) is 31.2 Å². The average Bonchev–Trinajstić information content (AvgIpc) is 3.30. The van der Waals surface area contributed by atoms with Gasteiger partial charge < -0.3 is 21.4 Å². The molecule has 2 atom stereocenters. The molecule has 16 heteroatoms. The second-order valence-corrected chi connectivity index (χ2v) is 10.7. The molecule has 1 fully saturated rings. The first-order valence-corrected chi connectivity index (χ1v) is 12.0. The number of anilines is 1. The molecule has 2 amide bonds. The molecule has 0 spiro atoms. The zero-order chi connectivity index (χ0) is 23.2. The summed E-state index contributed by atoms with van der Waals surface area (Å²) in [5.41, 5.74) is 4.78. The average molecular weight is 535 g/mol. The van der Waals surface area contributed by atoms with Crippen LogP contribution in [0.15, 0.2) is 25.5 Å². The predicted octanol–water partition coefficient (Wildman–Crippen LogP) is 2.24. The third-order valence-electron chi connectivity index (χ3n) is 4.69. The number of carboxylic acids is 1. The van der Waals surface area contributed by atoms with Crippen LogP contribution in [0, 0.1) is 0 Å². The minimum Gasteiger partial charge on any atom is -0.477 e. The van der Waals surface area contributed by atoms with Crippen LogP contribution in [0.5, 0.6) is 0 Å². The number of halogens is 2. The molecule has 2 aliphatic rings. The first-order chi connectivity index (χ1) is 15.2. The molecule has 0 aliphatic carbocycles. The van der Waals surface area contributed by atoms with Gasteiger partial charge in [-0.3, -0.25) is 14.5 Å². The Labute approximate surface area is 201 Å². The maximum absolute atomic E-state index is 12.8. The van der Waals surface area contributed by atoms with Crippen LogP contribution in [0.25, 0.3) is 0 Å². The van der Waals surface area contributed by atoms with Crippen molar-refractivity contribution in [2.75, 3.05) is 5.73 Å². The number of nitrogen functional groups attached to an aromatic ring is 1. The van der Waals surface area contributed by atoms with Crippen molar-refractivity contribution in [1.82, 2.24) is 20.2 Å². The van der Waals surface area contributed by atoms with Gasteiger partial charge in [0.05, 0.1) is 6.04 Å². The maximum atomic E-state index is 12.8. The van der Waals surface area contributed by atoms with Gasteiger partial charge in [-0.25, -0.2) is 14.8 Å². The first kappa shape index (κ1) is 22.8. The number of β-lactam (4-membered cyclic amide) rings is 1. The number of carbonyl (C=O) groups is 3. The Balaban J connectivity index is 1.53. The summed E-state index contributed by atoms with van der Waals surface area (Å²) in [5.74, 6) is -2.76. The molecule has 11 nitrogen and oxygen atoms in total. The normalized spacial score (nSPS) is 20.8. The predicted molar refractivity (Wildman–Crippen MR) is 119 cm³/mol. The van der Waals surface area contributed by atoms with E-state index in [0.717, 1.165) is 28.0 Å². The SMILES string of the molecule is Nc1nc(/C(=N/O)C(=O)N[C@@H]2C(=O)N3C(C(=O)O)=C(Sc4nc(Cl)cs4)CCC23)c(Cl)s1. The van der Waals surface area contributed by atoms with E-state index < -0.39 is 35.6 Å². The van der Waals surface area contributed by atoms with Crippen LogP contribution in [0.2, 0.25) is 9.49 Å². The fourth-order valence-corrected chi connectivity index (χ4v) is 6.54. The molecule has 2 aromatic rings. The summed E-state index contributed by atoms with van der Waals surface area (Å²) in [4.78, 5) is 46.9. The second-order valence-electron chi connectivity index (χ2n) is 6.50. The van der Waals surface area contributed by atoms with E-state index in [0.29, 0.717) is 27.2 Å². The number of hydrogen-bond acceptors (Lipinski definition) is 11. The van der Waals surface area contributed by atoms with E-state index in [1.165, 1.54) is 11.3 Å². The lowest BCUT2D eigenvalue weighted by Gasteiger charge is -2.49. The van der Waals surface area contributed by atoms with Gasteiger partial charge in [0, 0.05) is 10.3 Å². The zero-order valence-electron chi connectivity index (χ0n) is 15.6. The minimum absolute atomic E-state index is 0.0460. The number of nitrogens with zero attached hydrogens (tertiary/aromatic N) is 4. The Morgan fingerprint density at radius 2 is 2.12 bits per heavy atom. The number of thiazole rings is 2. The molecular formula is C16H12Cl2N6O5S3. The van der Waals surface area contributed by atoms with E-state index in [9.17, 15) is 24.7 Å². The molecule has 0 aromatic carbocycles. The lowest BCUT2D eigenvalue weighted by molar-refractivity contribution is -0.155. The number of aliphatic carboxylic acids is 1. The van der Waals surface area contributed by atoms with E-state index in [2.05, 4.69) is 20.4 Å². The summed E-state index contributed by atoms with van der Waals surface area (Å²) in [7, 11) is 0. The van der Waals surface area contributed by atoms with Crippen LogP contribution in [0.3, 0.4) is 0 Å². The number of nitrogens with two attached hydrogens (primary N) is 1. The number of fused-ring (bicyclic) bond motifs is 1. The molecule has 1 saturated heterocycles. The van der Waals surface area contributed by atoms with Crippen molar-refractivity contribution >= 4 is 86.3 Å². The Morgan fingerprint density at radius 1 is 1.38 bits per heavy atom. The van der Waals surface area contributed by atoms with Crippen LogP contribution in [0.1, 0.15) is 18.5 Å². The fourth-order valence-electron chi connectivity index (χ4n) is 3.39. The number of allylic oxidation sites excluding steroid dienone is 1. The van der Waals surface area contributed by atoms with Crippen molar-refractivity contribution in [2.24, 2.45) is 5.16 Å².